The Morgan fingerprint density at radius 3 is 2.00 bits per heavy atom. The second-order valence-electron chi connectivity index (χ2n) is 3.75. The maximum Gasteiger partial charge on any atom is 0.417 e. The lowest BCUT2D eigenvalue weighted by atomic mass is 9.94. The van der Waals surface area contributed by atoms with E-state index in [0.717, 1.165) is 0 Å². The van der Waals surface area contributed by atoms with Gasteiger partial charge in [-0.3, -0.25) is 4.79 Å². The molecule has 0 saturated heterocycles. The van der Waals surface area contributed by atoms with Gasteiger partial charge in [-0.05, 0) is 13.8 Å². The van der Waals surface area contributed by atoms with Gasteiger partial charge in [0, 0.05) is 26.1 Å². The summed E-state index contributed by atoms with van der Waals surface area (Å²) in [5.41, 5.74) is -3.15. The minimum Gasteiger partial charge on any atom is -0.396 e. The monoisotopic (exact) mass is 257 g/mol. The number of hydrogen-bond donors (Lipinski definition) is 2. The van der Waals surface area contributed by atoms with Crippen molar-refractivity contribution in [3.63, 3.8) is 0 Å². The number of aliphatic hydroxyl groups is 2. The molecule has 17 heavy (non-hydrogen) atoms. The van der Waals surface area contributed by atoms with Crippen LogP contribution in [0.15, 0.2) is 0 Å². The van der Waals surface area contributed by atoms with Crippen LogP contribution in [0.2, 0.25) is 0 Å². The lowest BCUT2D eigenvalue weighted by Crippen LogP contribution is -2.50. The molecular weight excluding hydrogens is 239 g/mol. The first-order valence-electron chi connectivity index (χ1n) is 5.39. The van der Waals surface area contributed by atoms with Crippen molar-refractivity contribution in [3.05, 3.63) is 0 Å². The van der Waals surface area contributed by atoms with Gasteiger partial charge in [-0.2, -0.15) is 13.2 Å². The smallest absolute Gasteiger partial charge is 0.396 e. The zero-order valence-corrected chi connectivity index (χ0v) is 9.92. The lowest BCUT2D eigenvalue weighted by Gasteiger charge is -2.31. The van der Waals surface area contributed by atoms with Crippen LogP contribution in [-0.4, -0.2) is 52.5 Å². The summed E-state index contributed by atoms with van der Waals surface area (Å²) >= 11 is 0. The molecule has 4 nitrogen and oxygen atoms in total. The summed E-state index contributed by atoms with van der Waals surface area (Å²) in [6.07, 6.45) is -6.89. The Balaban J connectivity index is 4.83. The zero-order chi connectivity index (χ0) is 13.7. The quantitative estimate of drug-likeness (QED) is 0.744. The largest absolute Gasteiger partial charge is 0.417 e. The van der Waals surface area contributed by atoms with Crippen molar-refractivity contribution in [1.29, 1.82) is 0 Å². The molecule has 0 bridgehead atoms. The van der Waals surface area contributed by atoms with E-state index in [1.807, 2.05) is 0 Å². The number of halogens is 3. The van der Waals surface area contributed by atoms with Crippen LogP contribution < -0.4 is 0 Å². The highest BCUT2D eigenvalue weighted by atomic mass is 19.4. The van der Waals surface area contributed by atoms with Crippen LogP contribution in [0.1, 0.15) is 26.7 Å². The second-order valence-corrected chi connectivity index (χ2v) is 3.75. The third-order valence-corrected chi connectivity index (χ3v) is 2.61. The van der Waals surface area contributed by atoms with E-state index in [1.54, 1.807) is 13.8 Å². The predicted molar refractivity (Wildman–Crippen MR) is 55.3 cm³/mol. The van der Waals surface area contributed by atoms with E-state index in [-0.39, 0.29) is 13.1 Å². The molecule has 0 spiro atoms. The third kappa shape index (κ3) is 4.16. The Labute approximate surface area is 98.0 Å². The number of nitrogens with zero attached hydrogens (tertiary/aromatic N) is 1. The maximum absolute atomic E-state index is 12.6. The Bertz CT molecular complexity index is 254. The summed E-state index contributed by atoms with van der Waals surface area (Å²) in [5.74, 6) is -0.775. The number of carbonyl (C=O) groups excluding carboxylic acids is 1. The summed E-state index contributed by atoms with van der Waals surface area (Å²) in [5, 5.41) is 18.0. The fraction of sp³-hybridized carbons (Fsp3) is 0.900. The molecule has 0 aliphatic heterocycles. The molecule has 0 aromatic heterocycles. The van der Waals surface area contributed by atoms with Crippen LogP contribution in [0.4, 0.5) is 13.2 Å². The van der Waals surface area contributed by atoms with Gasteiger partial charge in [0.2, 0.25) is 5.91 Å². The highest BCUT2D eigenvalue weighted by Crippen LogP contribution is 2.36. The van der Waals surface area contributed by atoms with Gasteiger partial charge in [0.15, 0.2) is 5.60 Å². The molecule has 0 aromatic rings. The van der Waals surface area contributed by atoms with Gasteiger partial charge in [0.25, 0.3) is 0 Å². The number of carbonyl (C=O) groups is 1. The van der Waals surface area contributed by atoms with Crippen molar-refractivity contribution in [2.24, 2.45) is 0 Å². The summed E-state index contributed by atoms with van der Waals surface area (Å²) in [4.78, 5) is 12.7. The predicted octanol–water partition coefficient (Wildman–Crippen LogP) is 0.921. The number of rotatable bonds is 6. The first kappa shape index (κ1) is 16.2. The molecule has 0 fully saturated rings. The van der Waals surface area contributed by atoms with Crippen molar-refractivity contribution < 1.29 is 28.2 Å². The van der Waals surface area contributed by atoms with Crippen LogP contribution in [-0.2, 0) is 4.79 Å². The molecule has 0 saturated carbocycles. The highest BCUT2D eigenvalue weighted by molar-refractivity contribution is 5.77. The van der Waals surface area contributed by atoms with Gasteiger partial charge >= 0.3 is 6.18 Å². The number of hydrogen-bond acceptors (Lipinski definition) is 3. The molecule has 2 N–H and O–H groups in total. The van der Waals surface area contributed by atoms with Crippen molar-refractivity contribution in [2.75, 3.05) is 19.7 Å². The molecule has 0 radical (unpaired) electrons. The fourth-order valence-electron chi connectivity index (χ4n) is 1.45. The van der Waals surface area contributed by atoms with E-state index in [0.29, 0.717) is 0 Å². The minimum atomic E-state index is -4.93. The van der Waals surface area contributed by atoms with Gasteiger partial charge < -0.3 is 15.1 Å². The summed E-state index contributed by atoms with van der Waals surface area (Å²) in [6.45, 7) is 3.01. The second kappa shape index (κ2) is 6.20. The Kier molecular flexibility index (Phi) is 5.91. The zero-order valence-electron chi connectivity index (χ0n) is 9.92. The van der Waals surface area contributed by atoms with Crippen LogP contribution in [0.5, 0.6) is 0 Å². The standard InChI is InChI=1S/C10H18F3NO3/c1-3-14(4-2)8(16)7-9(17,5-6-15)10(11,12)13/h15,17H,3-7H2,1-2H3/t9-/m1/s1. The Hall–Kier alpha value is -0.820. The van der Waals surface area contributed by atoms with E-state index in [1.165, 1.54) is 4.90 Å². The molecule has 102 valence electrons. The normalized spacial score (nSPS) is 15.5. The lowest BCUT2D eigenvalue weighted by molar-refractivity contribution is -0.266. The first-order chi connectivity index (χ1) is 7.71. The molecule has 0 unspecified atom stereocenters. The van der Waals surface area contributed by atoms with Gasteiger partial charge in [-0.15, -0.1) is 0 Å². The van der Waals surface area contributed by atoms with Crippen LogP contribution >= 0.6 is 0 Å². The average Bonchev–Trinajstić information content (AvgIpc) is 2.17. The third-order valence-electron chi connectivity index (χ3n) is 2.61. The summed E-state index contributed by atoms with van der Waals surface area (Å²) in [6, 6.07) is 0. The van der Waals surface area contributed by atoms with Gasteiger partial charge in [0.1, 0.15) is 0 Å². The topological polar surface area (TPSA) is 60.8 Å². The van der Waals surface area contributed by atoms with Gasteiger partial charge in [-0.1, -0.05) is 0 Å². The average molecular weight is 257 g/mol. The molecule has 7 heteroatoms. The molecular formula is C10H18F3NO3. The van der Waals surface area contributed by atoms with Crippen molar-refractivity contribution >= 4 is 5.91 Å². The highest BCUT2D eigenvalue weighted by Gasteiger charge is 2.54. The van der Waals surface area contributed by atoms with Crippen molar-refractivity contribution in [2.45, 2.75) is 38.5 Å². The Morgan fingerprint density at radius 1 is 1.24 bits per heavy atom. The van der Waals surface area contributed by atoms with E-state index in [9.17, 15) is 23.1 Å². The SMILES string of the molecule is CCN(CC)C(=O)C[C@](O)(CCO)C(F)(F)F. The number of amides is 1. The fourth-order valence-corrected chi connectivity index (χ4v) is 1.45. The van der Waals surface area contributed by atoms with Crippen molar-refractivity contribution in [3.8, 4) is 0 Å². The molecule has 1 amide bonds. The van der Waals surface area contributed by atoms with Crippen LogP contribution in [0, 0.1) is 0 Å². The van der Waals surface area contributed by atoms with E-state index in [4.69, 9.17) is 5.11 Å². The van der Waals surface area contributed by atoms with Gasteiger partial charge in [0.05, 0.1) is 6.42 Å². The molecule has 0 heterocycles. The summed E-state index contributed by atoms with van der Waals surface area (Å²) in [7, 11) is 0. The summed E-state index contributed by atoms with van der Waals surface area (Å²) < 4.78 is 37.8. The molecule has 0 aliphatic carbocycles. The number of aliphatic hydroxyl groups excluding tert-OH is 1. The number of alkyl halides is 3. The Morgan fingerprint density at radius 2 is 1.71 bits per heavy atom. The van der Waals surface area contributed by atoms with Gasteiger partial charge in [-0.25, -0.2) is 0 Å². The molecule has 0 aromatic carbocycles. The van der Waals surface area contributed by atoms with E-state index >= 15 is 0 Å². The van der Waals surface area contributed by atoms with E-state index in [2.05, 4.69) is 0 Å². The molecule has 0 rings (SSSR count). The minimum absolute atomic E-state index is 0.280. The first-order valence-corrected chi connectivity index (χ1v) is 5.39. The van der Waals surface area contributed by atoms with Crippen molar-refractivity contribution in [1.82, 2.24) is 4.90 Å². The molecule has 1 atom stereocenters. The maximum atomic E-state index is 12.6. The van der Waals surface area contributed by atoms with E-state index < -0.39 is 37.1 Å². The molecule has 0 aliphatic rings. The van der Waals surface area contributed by atoms with Crippen LogP contribution in [0.25, 0.3) is 0 Å². The van der Waals surface area contributed by atoms with Crippen LogP contribution in [0.3, 0.4) is 0 Å².